The summed E-state index contributed by atoms with van der Waals surface area (Å²) in [4.78, 5) is 12.9. The normalized spacial score (nSPS) is 13.5. The highest BCUT2D eigenvalue weighted by atomic mass is 32.2. The van der Waals surface area contributed by atoms with Crippen molar-refractivity contribution in [1.29, 1.82) is 0 Å². The Morgan fingerprint density at radius 1 is 1.18 bits per heavy atom. The number of carbonyl (C=O) groups excluding carboxylic acids is 1. The van der Waals surface area contributed by atoms with Crippen LogP contribution >= 0.6 is 0 Å². The molecule has 2 aromatic rings. The van der Waals surface area contributed by atoms with Crippen LogP contribution in [0, 0.1) is 6.92 Å². The first-order valence-electron chi connectivity index (χ1n) is 9.17. The molecular formula is C21H28N2O4S. The number of aryl methyl sites for hydroxylation is 1. The lowest BCUT2D eigenvalue weighted by Crippen LogP contribution is -2.48. The van der Waals surface area contributed by atoms with E-state index in [4.69, 9.17) is 4.74 Å². The number of rotatable bonds is 8. The maximum atomic E-state index is 12.9. The SMILES string of the molecule is CCC(NC(=O)C(C)N(c1cccc(C)c1)S(C)(=O)=O)c1ccc(OC)cc1. The number of methoxy groups -OCH3 is 1. The van der Waals surface area contributed by atoms with Crippen molar-refractivity contribution in [2.45, 2.75) is 39.3 Å². The zero-order valence-corrected chi connectivity index (χ0v) is 17.8. The number of benzene rings is 2. The molecule has 0 spiro atoms. The molecule has 152 valence electrons. The van der Waals surface area contributed by atoms with E-state index in [9.17, 15) is 13.2 Å². The first kappa shape index (κ1) is 21.8. The average molecular weight is 405 g/mol. The van der Waals surface area contributed by atoms with E-state index in [2.05, 4.69) is 5.32 Å². The van der Waals surface area contributed by atoms with Gasteiger partial charge in [-0.15, -0.1) is 0 Å². The smallest absolute Gasteiger partial charge is 0.244 e. The largest absolute Gasteiger partial charge is 0.497 e. The summed E-state index contributed by atoms with van der Waals surface area (Å²) in [6.07, 6.45) is 1.79. The van der Waals surface area contributed by atoms with E-state index >= 15 is 0 Å². The molecule has 0 aliphatic carbocycles. The van der Waals surface area contributed by atoms with Gasteiger partial charge in [-0.2, -0.15) is 0 Å². The van der Waals surface area contributed by atoms with Crippen LogP contribution in [0.25, 0.3) is 0 Å². The Bertz CT molecular complexity index is 910. The van der Waals surface area contributed by atoms with E-state index in [0.29, 0.717) is 12.1 Å². The Morgan fingerprint density at radius 3 is 2.32 bits per heavy atom. The minimum absolute atomic E-state index is 0.222. The summed E-state index contributed by atoms with van der Waals surface area (Å²) in [6.45, 7) is 5.44. The number of carbonyl (C=O) groups is 1. The first-order chi connectivity index (χ1) is 13.2. The van der Waals surface area contributed by atoms with Gasteiger partial charge in [-0.05, 0) is 55.7 Å². The highest BCUT2D eigenvalue weighted by Crippen LogP contribution is 2.24. The van der Waals surface area contributed by atoms with Gasteiger partial charge in [0.1, 0.15) is 11.8 Å². The molecule has 0 radical (unpaired) electrons. The third kappa shape index (κ3) is 5.25. The predicted molar refractivity (Wildman–Crippen MR) is 112 cm³/mol. The lowest BCUT2D eigenvalue weighted by Gasteiger charge is -2.30. The van der Waals surface area contributed by atoms with Crippen LogP contribution in [0.2, 0.25) is 0 Å². The number of hydrogen-bond donors (Lipinski definition) is 1. The van der Waals surface area contributed by atoms with Crippen molar-refractivity contribution < 1.29 is 17.9 Å². The van der Waals surface area contributed by atoms with Crippen LogP contribution in [-0.2, 0) is 14.8 Å². The molecule has 7 heteroatoms. The molecule has 0 saturated heterocycles. The predicted octanol–water partition coefficient (Wildman–Crippen LogP) is 3.43. The second-order valence-corrected chi connectivity index (χ2v) is 8.68. The van der Waals surface area contributed by atoms with Crippen molar-refractivity contribution >= 4 is 21.6 Å². The molecule has 1 N–H and O–H groups in total. The van der Waals surface area contributed by atoms with Gasteiger partial charge in [0.15, 0.2) is 0 Å². The van der Waals surface area contributed by atoms with Crippen molar-refractivity contribution in [3.05, 3.63) is 59.7 Å². The monoisotopic (exact) mass is 404 g/mol. The standard InChI is InChI=1S/C21H28N2O4S/c1-6-20(17-10-12-19(27-4)13-11-17)22-21(24)16(3)23(28(5,25)26)18-9-7-8-15(2)14-18/h7-14,16,20H,6H2,1-5H3,(H,22,24). The van der Waals surface area contributed by atoms with E-state index < -0.39 is 16.1 Å². The Hall–Kier alpha value is -2.54. The highest BCUT2D eigenvalue weighted by molar-refractivity contribution is 7.92. The van der Waals surface area contributed by atoms with Crippen LogP contribution in [0.15, 0.2) is 48.5 Å². The summed E-state index contributed by atoms with van der Waals surface area (Å²) in [5.41, 5.74) is 2.33. The molecule has 0 aliphatic heterocycles. The van der Waals surface area contributed by atoms with Crippen LogP contribution in [0.4, 0.5) is 5.69 Å². The average Bonchev–Trinajstić information content (AvgIpc) is 2.65. The van der Waals surface area contributed by atoms with Crippen LogP contribution in [0.3, 0.4) is 0 Å². The molecule has 28 heavy (non-hydrogen) atoms. The number of sulfonamides is 1. The van der Waals surface area contributed by atoms with Crippen molar-refractivity contribution in [3.8, 4) is 5.75 Å². The van der Waals surface area contributed by atoms with Gasteiger partial charge >= 0.3 is 0 Å². The molecule has 0 heterocycles. The zero-order valence-electron chi connectivity index (χ0n) is 17.0. The molecule has 0 aromatic heterocycles. The lowest BCUT2D eigenvalue weighted by atomic mass is 10.0. The third-order valence-electron chi connectivity index (χ3n) is 4.59. The molecule has 2 rings (SSSR count). The van der Waals surface area contributed by atoms with E-state index in [-0.39, 0.29) is 11.9 Å². The number of nitrogens with zero attached hydrogens (tertiary/aromatic N) is 1. The molecule has 0 fully saturated rings. The summed E-state index contributed by atoms with van der Waals surface area (Å²) in [6, 6.07) is 13.5. The van der Waals surface area contributed by atoms with Crippen LogP contribution < -0.4 is 14.4 Å². The van der Waals surface area contributed by atoms with Gasteiger partial charge in [0.25, 0.3) is 0 Å². The fraction of sp³-hybridized carbons (Fsp3) is 0.381. The zero-order chi connectivity index (χ0) is 20.9. The molecule has 1 amide bonds. The maximum absolute atomic E-state index is 12.9. The molecule has 2 aromatic carbocycles. The van der Waals surface area contributed by atoms with Crippen molar-refractivity contribution in [3.63, 3.8) is 0 Å². The number of nitrogens with one attached hydrogen (secondary N) is 1. The second-order valence-electron chi connectivity index (χ2n) is 6.82. The van der Waals surface area contributed by atoms with E-state index in [1.165, 1.54) is 0 Å². The van der Waals surface area contributed by atoms with Crippen molar-refractivity contribution in [2.75, 3.05) is 17.7 Å². The fourth-order valence-electron chi connectivity index (χ4n) is 3.12. The molecule has 2 unspecified atom stereocenters. The lowest BCUT2D eigenvalue weighted by molar-refractivity contribution is -0.122. The van der Waals surface area contributed by atoms with E-state index in [1.54, 1.807) is 32.2 Å². The van der Waals surface area contributed by atoms with Gasteiger partial charge in [0, 0.05) is 0 Å². The molecule has 0 bridgehead atoms. The summed E-state index contributed by atoms with van der Waals surface area (Å²) < 4.78 is 31.2. The Labute approximate surface area is 167 Å². The van der Waals surface area contributed by atoms with E-state index in [1.807, 2.05) is 44.2 Å². The summed E-state index contributed by atoms with van der Waals surface area (Å²) in [5, 5.41) is 2.97. The quantitative estimate of drug-likeness (QED) is 0.731. The van der Waals surface area contributed by atoms with Gasteiger partial charge in [-0.3, -0.25) is 9.10 Å². The summed E-state index contributed by atoms with van der Waals surface area (Å²) in [7, 11) is -2.04. The van der Waals surface area contributed by atoms with Gasteiger partial charge < -0.3 is 10.1 Å². The van der Waals surface area contributed by atoms with E-state index in [0.717, 1.165) is 27.4 Å². The van der Waals surface area contributed by atoms with Crippen LogP contribution in [0.5, 0.6) is 5.75 Å². The minimum Gasteiger partial charge on any atom is -0.497 e. The summed E-state index contributed by atoms with van der Waals surface area (Å²) in [5.74, 6) is 0.385. The topological polar surface area (TPSA) is 75.7 Å². The fourth-order valence-corrected chi connectivity index (χ4v) is 4.29. The van der Waals surface area contributed by atoms with Gasteiger partial charge in [0.05, 0.1) is 25.1 Å². The van der Waals surface area contributed by atoms with Crippen molar-refractivity contribution in [2.24, 2.45) is 0 Å². The van der Waals surface area contributed by atoms with Crippen LogP contribution in [0.1, 0.15) is 37.4 Å². The van der Waals surface area contributed by atoms with Crippen LogP contribution in [-0.4, -0.2) is 33.7 Å². The van der Waals surface area contributed by atoms with Gasteiger partial charge in [0.2, 0.25) is 15.9 Å². The highest BCUT2D eigenvalue weighted by Gasteiger charge is 2.30. The number of anilines is 1. The molecule has 0 saturated carbocycles. The van der Waals surface area contributed by atoms with Gasteiger partial charge in [-0.1, -0.05) is 31.2 Å². The Balaban J connectivity index is 2.26. The minimum atomic E-state index is -3.64. The summed E-state index contributed by atoms with van der Waals surface area (Å²) >= 11 is 0. The first-order valence-corrected chi connectivity index (χ1v) is 11.0. The number of amides is 1. The molecule has 0 aliphatic rings. The Morgan fingerprint density at radius 2 is 1.82 bits per heavy atom. The number of ether oxygens (including phenoxy) is 1. The van der Waals surface area contributed by atoms with Gasteiger partial charge in [-0.25, -0.2) is 8.42 Å². The second kappa shape index (κ2) is 9.10. The number of hydrogen-bond acceptors (Lipinski definition) is 4. The van der Waals surface area contributed by atoms with Crippen molar-refractivity contribution in [1.82, 2.24) is 5.32 Å². The Kier molecular flexibility index (Phi) is 7.07. The molecular weight excluding hydrogens is 376 g/mol. The molecule has 6 nitrogen and oxygen atoms in total. The third-order valence-corrected chi connectivity index (χ3v) is 5.83. The maximum Gasteiger partial charge on any atom is 0.244 e. The molecule has 2 atom stereocenters.